The molecule has 6 heteroatoms. The van der Waals surface area contributed by atoms with Gasteiger partial charge in [0.2, 0.25) is 0 Å². The Morgan fingerprint density at radius 3 is 2.59 bits per heavy atom. The third-order valence-electron chi connectivity index (χ3n) is 2.91. The zero-order valence-corrected chi connectivity index (χ0v) is 10.5. The molecule has 0 amide bonds. The van der Waals surface area contributed by atoms with Gasteiger partial charge in [0.25, 0.3) is 0 Å². The van der Waals surface area contributed by atoms with E-state index in [-0.39, 0.29) is 12.2 Å². The molecule has 1 aliphatic rings. The lowest BCUT2D eigenvalue weighted by atomic mass is 10.2. The Kier molecular flexibility index (Phi) is 3.44. The molecule has 17 heavy (non-hydrogen) atoms. The minimum absolute atomic E-state index is 0.211. The molecule has 1 aliphatic heterocycles. The van der Waals surface area contributed by atoms with E-state index in [0.29, 0.717) is 5.82 Å². The van der Waals surface area contributed by atoms with Gasteiger partial charge in [-0.05, 0) is 20.8 Å². The second kappa shape index (κ2) is 4.85. The maximum atomic E-state index is 5.71. The number of hydrogen-bond donors (Lipinski definition) is 2. The summed E-state index contributed by atoms with van der Waals surface area (Å²) in [6.45, 7) is 7.79. The number of ether oxygens (including phenoxy) is 1. The molecule has 2 atom stereocenters. The molecule has 2 rings (SSSR count). The van der Waals surface area contributed by atoms with Crippen LogP contribution in [0.25, 0.3) is 0 Å². The maximum Gasteiger partial charge on any atom is 0.148 e. The summed E-state index contributed by atoms with van der Waals surface area (Å²) in [5.74, 6) is 7.01. The first-order valence-corrected chi connectivity index (χ1v) is 5.80. The summed E-state index contributed by atoms with van der Waals surface area (Å²) >= 11 is 0. The average molecular weight is 237 g/mol. The highest BCUT2D eigenvalue weighted by molar-refractivity contribution is 5.57. The largest absolute Gasteiger partial charge is 0.372 e. The van der Waals surface area contributed by atoms with Gasteiger partial charge in [-0.1, -0.05) is 0 Å². The smallest absolute Gasteiger partial charge is 0.148 e. The van der Waals surface area contributed by atoms with Gasteiger partial charge < -0.3 is 15.1 Å². The number of nitrogens with one attached hydrogen (secondary N) is 1. The lowest BCUT2D eigenvalue weighted by molar-refractivity contribution is -0.00549. The van der Waals surface area contributed by atoms with Crippen LogP contribution in [0.3, 0.4) is 0 Å². The molecular weight excluding hydrogens is 218 g/mol. The van der Waals surface area contributed by atoms with Crippen molar-refractivity contribution in [2.45, 2.75) is 33.0 Å². The van der Waals surface area contributed by atoms with Gasteiger partial charge in [-0.25, -0.2) is 15.8 Å². The van der Waals surface area contributed by atoms with Gasteiger partial charge in [0.1, 0.15) is 18.0 Å². The Morgan fingerprint density at radius 1 is 1.35 bits per heavy atom. The van der Waals surface area contributed by atoms with E-state index >= 15 is 0 Å². The summed E-state index contributed by atoms with van der Waals surface area (Å²) in [6, 6.07) is 0. The van der Waals surface area contributed by atoms with Crippen LogP contribution in [0.5, 0.6) is 0 Å². The monoisotopic (exact) mass is 237 g/mol. The van der Waals surface area contributed by atoms with Crippen molar-refractivity contribution in [2.75, 3.05) is 23.4 Å². The van der Waals surface area contributed by atoms with Gasteiger partial charge >= 0.3 is 0 Å². The van der Waals surface area contributed by atoms with Gasteiger partial charge in [-0.2, -0.15) is 0 Å². The van der Waals surface area contributed by atoms with Crippen LogP contribution in [0.4, 0.5) is 11.6 Å². The van der Waals surface area contributed by atoms with Crippen LogP contribution in [0.2, 0.25) is 0 Å². The van der Waals surface area contributed by atoms with Crippen molar-refractivity contribution in [3.8, 4) is 0 Å². The summed E-state index contributed by atoms with van der Waals surface area (Å²) < 4.78 is 5.71. The summed E-state index contributed by atoms with van der Waals surface area (Å²) in [6.07, 6.45) is 1.95. The Balaban J connectivity index is 2.27. The first-order valence-electron chi connectivity index (χ1n) is 5.80. The van der Waals surface area contributed by atoms with Crippen molar-refractivity contribution >= 4 is 11.6 Å². The minimum atomic E-state index is 0.211. The summed E-state index contributed by atoms with van der Waals surface area (Å²) in [5.41, 5.74) is 3.56. The van der Waals surface area contributed by atoms with Gasteiger partial charge in [0, 0.05) is 18.7 Å². The number of anilines is 2. The Bertz CT molecular complexity index is 387. The summed E-state index contributed by atoms with van der Waals surface area (Å²) in [4.78, 5) is 10.6. The molecular formula is C11H19N5O. The predicted octanol–water partition coefficient (Wildman–Crippen LogP) is 0.684. The molecule has 1 fully saturated rings. The Morgan fingerprint density at radius 2 is 2.00 bits per heavy atom. The average Bonchev–Trinajstić information content (AvgIpc) is 2.28. The number of morpholine rings is 1. The fourth-order valence-electron chi connectivity index (χ4n) is 2.26. The number of hydrogen-bond acceptors (Lipinski definition) is 6. The summed E-state index contributed by atoms with van der Waals surface area (Å²) in [7, 11) is 0. The van der Waals surface area contributed by atoms with Gasteiger partial charge in [0.15, 0.2) is 0 Å². The summed E-state index contributed by atoms with van der Waals surface area (Å²) in [5, 5.41) is 0. The first-order chi connectivity index (χ1) is 8.11. The van der Waals surface area contributed by atoms with Gasteiger partial charge in [0.05, 0.1) is 12.2 Å². The molecule has 6 nitrogen and oxygen atoms in total. The van der Waals surface area contributed by atoms with Crippen molar-refractivity contribution in [3.05, 3.63) is 11.9 Å². The van der Waals surface area contributed by atoms with E-state index in [9.17, 15) is 0 Å². The zero-order chi connectivity index (χ0) is 12.4. The lowest BCUT2D eigenvalue weighted by Crippen LogP contribution is -2.46. The molecule has 0 radical (unpaired) electrons. The van der Waals surface area contributed by atoms with Crippen LogP contribution in [0.1, 0.15) is 19.4 Å². The van der Waals surface area contributed by atoms with Crippen LogP contribution in [0.15, 0.2) is 6.33 Å². The quantitative estimate of drug-likeness (QED) is 0.582. The number of aromatic nitrogens is 2. The first kappa shape index (κ1) is 12.1. The standard InChI is InChI=1S/C11H19N5O/c1-7-4-16(5-8(2)17-7)11-9(3)10(15-12)13-6-14-11/h6-8H,4-5,12H2,1-3H3,(H,13,14,15). The highest BCUT2D eigenvalue weighted by Crippen LogP contribution is 2.24. The molecule has 0 saturated carbocycles. The number of nitrogens with zero attached hydrogens (tertiary/aromatic N) is 3. The van der Waals surface area contributed by atoms with Crippen LogP contribution in [-0.2, 0) is 4.74 Å². The number of nitrogens with two attached hydrogens (primary N) is 1. The predicted molar refractivity (Wildman–Crippen MR) is 66.8 cm³/mol. The van der Waals surface area contributed by atoms with Crippen molar-refractivity contribution < 1.29 is 4.74 Å². The van der Waals surface area contributed by atoms with Crippen molar-refractivity contribution in [1.82, 2.24) is 9.97 Å². The van der Waals surface area contributed by atoms with Crippen molar-refractivity contribution in [1.29, 1.82) is 0 Å². The zero-order valence-electron chi connectivity index (χ0n) is 10.5. The Hall–Kier alpha value is -1.40. The maximum absolute atomic E-state index is 5.71. The van der Waals surface area contributed by atoms with E-state index in [0.717, 1.165) is 24.5 Å². The molecule has 94 valence electrons. The highest BCUT2D eigenvalue weighted by atomic mass is 16.5. The molecule has 1 aromatic rings. The van der Waals surface area contributed by atoms with Crippen LogP contribution < -0.4 is 16.2 Å². The molecule has 0 aromatic carbocycles. The molecule has 3 N–H and O–H groups in total. The van der Waals surface area contributed by atoms with Crippen LogP contribution in [0, 0.1) is 6.92 Å². The van der Waals surface area contributed by atoms with E-state index in [4.69, 9.17) is 10.6 Å². The lowest BCUT2D eigenvalue weighted by Gasteiger charge is -2.36. The number of rotatable bonds is 2. The van der Waals surface area contributed by atoms with Crippen molar-refractivity contribution in [2.24, 2.45) is 5.84 Å². The molecule has 2 heterocycles. The van der Waals surface area contributed by atoms with E-state index in [2.05, 4.69) is 34.1 Å². The van der Waals surface area contributed by atoms with Gasteiger partial charge in [-0.15, -0.1) is 0 Å². The second-order valence-corrected chi connectivity index (χ2v) is 4.48. The fourth-order valence-corrected chi connectivity index (χ4v) is 2.26. The third kappa shape index (κ3) is 2.48. The molecule has 2 unspecified atom stereocenters. The van der Waals surface area contributed by atoms with Gasteiger partial charge in [-0.3, -0.25) is 0 Å². The SMILES string of the molecule is Cc1c(NN)ncnc1N1CC(C)OC(C)C1. The fraction of sp³-hybridized carbons (Fsp3) is 0.636. The minimum Gasteiger partial charge on any atom is -0.372 e. The van der Waals surface area contributed by atoms with E-state index in [1.165, 1.54) is 6.33 Å². The highest BCUT2D eigenvalue weighted by Gasteiger charge is 2.24. The number of nitrogen functional groups attached to an aromatic ring is 1. The third-order valence-corrected chi connectivity index (χ3v) is 2.91. The molecule has 0 bridgehead atoms. The van der Waals surface area contributed by atoms with E-state index < -0.39 is 0 Å². The van der Waals surface area contributed by atoms with Crippen LogP contribution in [-0.4, -0.2) is 35.3 Å². The van der Waals surface area contributed by atoms with E-state index in [1.807, 2.05) is 6.92 Å². The topological polar surface area (TPSA) is 76.3 Å². The van der Waals surface area contributed by atoms with Crippen molar-refractivity contribution in [3.63, 3.8) is 0 Å². The molecule has 0 aliphatic carbocycles. The Labute approximate surface area is 101 Å². The van der Waals surface area contributed by atoms with Crippen LogP contribution >= 0.6 is 0 Å². The number of hydrazine groups is 1. The molecule has 1 aromatic heterocycles. The molecule has 1 saturated heterocycles. The normalized spacial score (nSPS) is 24.8. The van der Waals surface area contributed by atoms with E-state index in [1.54, 1.807) is 0 Å². The second-order valence-electron chi connectivity index (χ2n) is 4.48. The molecule has 0 spiro atoms.